The molecule has 0 aliphatic heterocycles. The van der Waals surface area contributed by atoms with Gasteiger partial charge in [-0.2, -0.15) is 0 Å². The fraction of sp³-hybridized carbons (Fsp3) is 0.364. The lowest BCUT2D eigenvalue weighted by Gasteiger charge is -2.15. The summed E-state index contributed by atoms with van der Waals surface area (Å²) < 4.78 is 0.360. The highest BCUT2D eigenvalue weighted by Gasteiger charge is 2.19. The van der Waals surface area contributed by atoms with Crippen LogP contribution in [0.25, 0.3) is 0 Å². The molecule has 0 radical (unpaired) electrons. The first-order valence-corrected chi connectivity index (χ1v) is 6.12. The minimum atomic E-state index is -0.646. The van der Waals surface area contributed by atoms with Gasteiger partial charge in [0.2, 0.25) is 5.91 Å². The van der Waals surface area contributed by atoms with Crippen LogP contribution in [-0.4, -0.2) is 16.9 Å². The highest BCUT2D eigenvalue weighted by atomic mass is 79.9. The summed E-state index contributed by atoms with van der Waals surface area (Å²) in [5.41, 5.74) is 5.93. The third-order valence-electron chi connectivity index (χ3n) is 2.43. The number of nitrogens with zero attached hydrogens (tertiary/aromatic N) is 1. The molecule has 1 rings (SSSR count). The largest absolute Gasteiger partial charge is 0.324 e. The van der Waals surface area contributed by atoms with E-state index in [9.17, 15) is 14.9 Å². The second kappa shape index (κ2) is 5.92. The molecule has 1 atom stereocenters. The molecule has 0 spiro atoms. The predicted octanol–water partition coefficient (Wildman–Crippen LogP) is 2.28. The van der Waals surface area contributed by atoms with Gasteiger partial charge in [0.25, 0.3) is 5.69 Å². The summed E-state index contributed by atoms with van der Waals surface area (Å²) >= 11 is 3.07. The Hall–Kier alpha value is -1.47. The zero-order chi connectivity index (χ0) is 13.9. The van der Waals surface area contributed by atoms with E-state index in [0.29, 0.717) is 10.2 Å². The minimum absolute atomic E-state index is 0.00423. The third-order valence-corrected chi connectivity index (χ3v) is 3.10. The van der Waals surface area contributed by atoms with Crippen molar-refractivity contribution in [1.29, 1.82) is 0 Å². The number of hydrogen-bond donors (Lipinski definition) is 2. The first-order chi connectivity index (χ1) is 8.32. The summed E-state index contributed by atoms with van der Waals surface area (Å²) in [6.07, 6.45) is 0. The number of nitrogens with one attached hydrogen (secondary N) is 1. The van der Waals surface area contributed by atoms with Crippen molar-refractivity contribution in [3.8, 4) is 0 Å². The van der Waals surface area contributed by atoms with Crippen LogP contribution in [-0.2, 0) is 4.79 Å². The molecule has 0 unspecified atom stereocenters. The molecule has 0 aromatic heterocycles. The molecule has 0 fully saturated rings. The number of nitro benzene ring substituents is 1. The van der Waals surface area contributed by atoms with E-state index in [1.807, 2.05) is 13.8 Å². The third kappa shape index (κ3) is 3.51. The zero-order valence-electron chi connectivity index (χ0n) is 10.0. The number of benzene rings is 1. The van der Waals surface area contributed by atoms with Gasteiger partial charge in [0, 0.05) is 11.8 Å². The summed E-state index contributed by atoms with van der Waals surface area (Å²) in [6.45, 7) is 3.66. The normalized spacial score (nSPS) is 12.3. The van der Waals surface area contributed by atoms with Gasteiger partial charge in [-0.05, 0) is 34.0 Å². The Morgan fingerprint density at radius 3 is 2.61 bits per heavy atom. The Morgan fingerprint density at radius 2 is 2.11 bits per heavy atom. The Bertz CT molecular complexity index is 477. The maximum atomic E-state index is 11.7. The van der Waals surface area contributed by atoms with Gasteiger partial charge in [-0.15, -0.1) is 0 Å². The van der Waals surface area contributed by atoms with E-state index in [4.69, 9.17) is 5.73 Å². The Kier molecular flexibility index (Phi) is 4.80. The Labute approximate surface area is 113 Å². The van der Waals surface area contributed by atoms with Gasteiger partial charge in [-0.3, -0.25) is 14.9 Å². The number of carbonyl (C=O) groups is 1. The lowest BCUT2D eigenvalue weighted by Crippen LogP contribution is -2.39. The minimum Gasteiger partial charge on any atom is -0.324 e. The van der Waals surface area contributed by atoms with Crippen LogP contribution in [0, 0.1) is 16.0 Å². The molecule has 1 aromatic rings. The van der Waals surface area contributed by atoms with Crippen LogP contribution in [0.2, 0.25) is 0 Å². The number of amides is 1. The molecule has 0 bridgehead atoms. The summed E-state index contributed by atoms with van der Waals surface area (Å²) in [5, 5.41) is 13.3. The molecule has 0 aliphatic carbocycles. The molecule has 0 aliphatic rings. The summed E-state index contributed by atoms with van der Waals surface area (Å²) in [6, 6.07) is 3.72. The van der Waals surface area contributed by atoms with Gasteiger partial charge in [0.1, 0.15) is 0 Å². The van der Waals surface area contributed by atoms with E-state index >= 15 is 0 Å². The van der Waals surface area contributed by atoms with Gasteiger partial charge < -0.3 is 11.1 Å². The van der Waals surface area contributed by atoms with Gasteiger partial charge in [-0.25, -0.2) is 0 Å². The highest BCUT2D eigenvalue weighted by Crippen LogP contribution is 2.27. The van der Waals surface area contributed by atoms with E-state index < -0.39 is 11.0 Å². The SMILES string of the molecule is CC(C)[C@@H](N)C(=O)Nc1ccc(Br)c([N+](=O)[O-])c1. The average molecular weight is 316 g/mol. The Morgan fingerprint density at radius 1 is 1.50 bits per heavy atom. The number of nitrogens with two attached hydrogens (primary N) is 1. The zero-order valence-corrected chi connectivity index (χ0v) is 11.6. The first-order valence-electron chi connectivity index (χ1n) is 5.33. The topological polar surface area (TPSA) is 98.3 Å². The van der Waals surface area contributed by atoms with Crippen LogP contribution < -0.4 is 11.1 Å². The lowest BCUT2D eigenvalue weighted by atomic mass is 10.0. The Balaban J connectivity index is 2.89. The molecule has 98 valence electrons. The second-order valence-electron chi connectivity index (χ2n) is 4.18. The van der Waals surface area contributed by atoms with Gasteiger partial charge in [0.15, 0.2) is 0 Å². The molecule has 6 nitrogen and oxygen atoms in total. The number of nitro groups is 1. The fourth-order valence-corrected chi connectivity index (χ4v) is 1.65. The second-order valence-corrected chi connectivity index (χ2v) is 5.04. The van der Waals surface area contributed by atoms with Crippen molar-refractivity contribution < 1.29 is 9.72 Å². The van der Waals surface area contributed by atoms with Crippen LogP contribution in [0.4, 0.5) is 11.4 Å². The molecule has 0 heterocycles. The fourth-order valence-electron chi connectivity index (χ4n) is 1.26. The van der Waals surface area contributed by atoms with Crippen LogP contribution in [0.5, 0.6) is 0 Å². The van der Waals surface area contributed by atoms with Crippen molar-refractivity contribution in [2.75, 3.05) is 5.32 Å². The predicted molar refractivity (Wildman–Crippen MR) is 72.2 cm³/mol. The summed E-state index contributed by atoms with van der Waals surface area (Å²) in [5.74, 6) is -0.364. The number of hydrogen-bond acceptors (Lipinski definition) is 4. The molecule has 1 aromatic carbocycles. The van der Waals surface area contributed by atoms with Gasteiger partial charge in [-0.1, -0.05) is 13.8 Å². The highest BCUT2D eigenvalue weighted by molar-refractivity contribution is 9.10. The van der Waals surface area contributed by atoms with Crippen LogP contribution in [0.15, 0.2) is 22.7 Å². The van der Waals surface area contributed by atoms with Crippen molar-refractivity contribution in [2.45, 2.75) is 19.9 Å². The smallest absolute Gasteiger partial charge is 0.285 e. The van der Waals surface area contributed by atoms with Crippen LogP contribution >= 0.6 is 15.9 Å². The number of rotatable bonds is 4. The van der Waals surface area contributed by atoms with E-state index in [-0.39, 0.29) is 17.5 Å². The number of halogens is 1. The number of carbonyl (C=O) groups excluding carboxylic acids is 1. The van der Waals surface area contributed by atoms with Crippen LogP contribution in [0.3, 0.4) is 0 Å². The van der Waals surface area contributed by atoms with E-state index in [0.717, 1.165) is 0 Å². The van der Waals surface area contributed by atoms with E-state index in [2.05, 4.69) is 21.2 Å². The monoisotopic (exact) mass is 315 g/mol. The molecule has 1 amide bonds. The molecular weight excluding hydrogens is 302 g/mol. The first kappa shape index (κ1) is 14.6. The standard InChI is InChI=1S/C11H14BrN3O3/c1-6(2)10(13)11(16)14-7-3-4-8(12)9(5-7)15(17)18/h3-6,10H,13H2,1-2H3,(H,14,16)/t10-/m1/s1. The molecule has 18 heavy (non-hydrogen) atoms. The molecule has 0 saturated carbocycles. The summed E-state index contributed by atoms with van der Waals surface area (Å²) in [7, 11) is 0. The maximum absolute atomic E-state index is 11.7. The average Bonchev–Trinajstić information content (AvgIpc) is 2.29. The van der Waals surface area contributed by atoms with E-state index in [1.54, 1.807) is 6.07 Å². The van der Waals surface area contributed by atoms with Crippen molar-refractivity contribution in [1.82, 2.24) is 0 Å². The van der Waals surface area contributed by atoms with Gasteiger partial charge in [0.05, 0.1) is 15.4 Å². The quantitative estimate of drug-likeness (QED) is 0.657. The van der Waals surface area contributed by atoms with E-state index in [1.165, 1.54) is 12.1 Å². The molecule has 3 N–H and O–H groups in total. The lowest BCUT2D eigenvalue weighted by molar-refractivity contribution is -0.385. The number of anilines is 1. The van der Waals surface area contributed by atoms with Crippen molar-refractivity contribution in [3.05, 3.63) is 32.8 Å². The molecule has 7 heteroatoms. The van der Waals surface area contributed by atoms with Crippen molar-refractivity contribution in [2.24, 2.45) is 11.7 Å². The molecular formula is C11H14BrN3O3. The van der Waals surface area contributed by atoms with Gasteiger partial charge >= 0.3 is 0 Å². The van der Waals surface area contributed by atoms with Crippen molar-refractivity contribution >= 4 is 33.2 Å². The molecule has 0 saturated heterocycles. The summed E-state index contributed by atoms with van der Waals surface area (Å²) in [4.78, 5) is 21.9. The van der Waals surface area contributed by atoms with Crippen molar-refractivity contribution in [3.63, 3.8) is 0 Å². The van der Waals surface area contributed by atoms with Crippen LogP contribution in [0.1, 0.15) is 13.8 Å². The maximum Gasteiger partial charge on any atom is 0.285 e.